The second-order valence-corrected chi connectivity index (χ2v) is 7.00. The zero-order valence-corrected chi connectivity index (χ0v) is 17.1. The van der Waals surface area contributed by atoms with Gasteiger partial charge in [-0.1, -0.05) is 24.3 Å². The number of carbonyl (C=O) groups is 1. The second kappa shape index (κ2) is 10.6. The highest BCUT2D eigenvalue weighted by molar-refractivity contribution is 5.76. The lowest BCUT2D eigenvalue weighted by Crippen LogP contribution is -2.48. The summed E-state index contributed by atoms with van der Waals surface area (Å²) >= 11 is 0. The van der Waals surface area contributed by atoms with Gasteiger partial charge in [0, 0.05) is 12.5 Å². The van der Waals surface area contributed by atoms with Crippen LogP contribution in [0.4, 0.5) is 39.5 Å². The minimum Gasteiger partial charge on any atom is -0.480 e. The quantitative estimate of drug-likeness (QED) is 0.419. The van der Waals surface area contributed by atoms with Crippen LogP contribution in [0.2, 0.25) is 0 Å². The van der Waals surface area contributed by atoms with Gasteiger partial charge in [0.05, 0.1) is 0 Å². The molecule has 6 nitrogen and oxygen atoms in total. The number of hydrogen-bond donors (Lipinski definition) is 3. The van der Waals surface area contributed by atoms with E-state index in [1.807, 2.05) is 5.32 Å². The third-order valence-electron chi connectivity index (χ3n) is 4.41. The first-order chi connectivity index (χ1) is 16.0. The number of carboxylic acids is 1. The Labute approximate surface area is 190 Å². The molecule has 0 heterocycles. The molecule has 0 amide bonds. The Morgan fingerprint density at radius 1 is 0.829 bits per heavy atom. The number of carboxylic acid groups (broad SMARTS) is 1. The van der Waals surface area contributed by atoms with E-state index in [9.17, 15) is 54.5 Å². The summed E-state index contributed by atoms with van der Waals surface area (Å²) in [7, 11) is 0. The topological polar surface area (TPSA) is 88.0 Å². The Kier molecular flexibility index (Phi) is 8.49. The maximum Gasteiger partial charge on any atom is 0.573 e. The van der Waals surface area contributed by atoms with Gasteiger partial charge in [-0.2, -0.15) is 13.2 Å². The van der Waals surface area contributed by atoms with Gasteiger partial charge in [0.15, 0.2) is 6.10 Å². The second-order valence-electron chi connectivity index (χ2n) is 7.00. The average molecular weight is 521 g/mol. The Bertz CT molecular complexity index is 948. The molecule has 0 radical (unpaired) electrons. The van der Waals surface area contributed by atoms with Gasteiger partial charge in [0.25, 0.3) is 0 Å². The monoisotopic (exact) mass is 521 g/mol. The van der Waals surface area contributed by atoms with Crippen molar-refractivity contribution in [2.75, 3.05) is 6.54 Å². The van der Waals surface area contributed by atoms with Gasteiger partial charge >= 0.3 is 24.9 Å². The maximum atomic E-state index is 12.7. The zero-order valence-electron chi connectivity index (χ0n) is 17.1. The minimum absolute atomic E-state index is 0.266. The minimum atomic E-state index is -5.14. The van der Waals surface area contributed by atoms with E-state index in [1.165, 1.54) is 0 Å². The van der Waals surface area contributed by atoms with Crippen molar-refractivity contribution in [1.29, 1.82) is 0 Å². The van der Waals surface area contributed by atoms with E-state index in [4.69, 9.17) is 0 Å². The normalized spacial score (nSPS) is 14.5. The number of rotatable bonds is 9. The van der Waals surface area contributed by atoms with Crippen LogP contribution in [0.3, 0.4) is 0 Å². The molecule has 0 aliphatic rings. The van der Waals surface area contributed by atoms with E-state index in [-0.39, 0.29) is 11.1 Å². The van der Waals surface area contributed by atoms with Crippen molar-refractivity contribution in [2.24, 2.45) is 0 Å². The first kappa shape index (κ1) is 28.0. The molecule has 2 aromatic carbocycles. The SMILES string of the molecule is O=C(O)C(NCC(O)C(F)(F)F)C(c1cccc(OC(F)(F)F)c1)c1cccc(OC(F)(F)F)c1. The van der Waals surface area contributed by atoms with Crippen LogP contribution in [-0.4, -0.2) is 53.8 Å². The largest absolute Gasteiger partial charge is 0.573 e. The summed E-state index contributed by atoms with van der Waals surface area (Å²) in [6, 6.07) is 5.36. The predicted octanol–water partition coefficient (Wildman–Crippen LogP) is 4.58. The molecule has 194 valence electrons. The van der Waals surface area contributed by atoms with Gasteiger partial charge in [-0.15, -0.1) is 26.3 Å². The third-order valence-corrected chi connectivity index (χ3v) is 4.41. The first-order valence-electron chi connectivity index (χ1n) is 9.38. The molecule has 2 unspecified atom stereocenters. The smallest absolute Gasteiger partial charge is 0.480 e. The lowest BCUT2D eigenvalue weighted by Gasteiger charge is -2.28. The molecule has 2 rings (SSSR count). The van der Waals surface area contributed by atoms with E-state index in [0.29, 0.717) is 0 Å². The molecule has 3 N–H and O–H groups in total. The fraction of sp³-hybridized carbons (Fsp3) is 0.350. The van der Waals surface area contributed by atoms with Crippen molar-refractivity contribution in [3.63, 3.8) is 0 Å². The average Bonchev–Trinajstić information content (AvgIpc) is 2.67. The lowest BCUT2D eigenvalue weighted by molar-refractivity contribution is -0.275. The van der Waals surface area contributed by atoms with Crippen molar-refractivity contribution >= 4 is 5.97 Å². The van der Waals surface area contributed by atoms with Crippen LogP contribution < -0.4 is 14.8 Å². The number of aliphatic hydroxyl groups excluding tert-OH is 1. The molecular formula is C20H16F9NO5. The highest BCUT2D eigenvalue weighted by Gasteiger charge is 2.40. The molecule has 0 saturated heterocycles. The van der Waals surface area contributed by atoms with Gasteiger partial charge in [-0.3, -0.25) is 4.79 Å². The van der Waals surface area contributed by atoms with E-state index >= 15 is 0 Å². The molecule has 2 aromatic rings. The highest BCUT2D eigenvalue weighted by Crippen LogP contribution is 2.35. The van der Waals surface area contributed by atoms with Crippen LogP contribution in [0.25, 0.3) is 0 Å². The fourth-order valence-electron chi connectivity index (χ4n) is 3.09. The summed E-state index contributed by atoms with van der Waals surface area (Å²) in [6.07, 6.45) is -18.4. The van der Waals surface area contributed by atoms with Crippen LogP contribution >= 0.6 is 0 Å². The number of benzene rings is 2. The fourth-order valence-corrected chi connectivity index (χ4v) is 3.09. The maximum absolute atomic E-state index is 12.7. The number of halogens is 9. The number of aliphatic hydroxyl groups is 1. The van der Waals surface area contributed by atoms with Crippen LogP contribution in [0, 0.1) is 0 Å². The number of aliphatic carboxylic acids is 1. The molecule has 0 aliphatic heterocycles. The summed E-state index contributed by atoms with van der Waals surface area (Å²) in [5.74, 6) is -5.10. The molecule has 0 saturated carbocycles. The van der Waals surface area contributed by atoms with E-state index in [1.54, 1.807) is 0 Å². The Morgan fingerprint density at radius 2 is 1.26 bits per heavy atom. The first-order valence-corrected chi connectivity index (χ1v) is 9.38. The standard InChI is InChI=1S/C20H16F9NO5/c21-18(22,23)14(31)9-30-16(17(32)33)15(10-3-1-5-12(7-10)34-19(24,25)26)11-4-2-6-13(8-11)35-20(27,28)29/h1-8,14-16,30-31H,9H2,(H,32,33). The Morgan fingerprint density at radius 3 is 1.60 bits per heavy atom. The van der Waals surface area contributed by atoms with Crippen molar-refractivity contribution in [3.8, 4) is 11.5 Å². The summed E-state index contributed by atoms with van der Waals surface area (Å²) in [4.78, 5) is 11.9. The number of hydrogen-bond acceptors (Lipinski definition) is 5. The zero-order chi connectivity index (χ0) is 26.6. The molecule has 0 bridgehead atoms. The van der Waals surface area contributed by atoms with Gasteiger partial charge in [0.2, 0.25) is 0 Å². The number of alkyl halides is 9. The van der Waals surface area contributed by atoms with Gasteiger partial charge in [-0.05, 0) is 35.4 Å². The summed E-state index contributed by atoms with van der Waals surface area (Å²) in [5, 5.41) is 20.8. The van der Waals surface area contributed by atoms with Gasteiger partial charge < -0.3 is 25.0 Å². The summed E-state index contributed by atoms with van der Waals surface area (Å²) < 4.78 is 121. The predicted molar refractivity (Wildman–Crippen MR) is 99.6 cm³/mol. The molecule has 15 heteroatoms. The molecule has 0 spiro atoms. The van der Waals surface area contributed by atoms with Crippen LogP contribution in [-0.2, 0) is 4.79 Å². The third kappa shape index (κ3) is 8.83. The molecule has 0 aromatic heterocycles. The molecule has 35 heavy (non-hydrogen) atoms. The van der Waals surface area contributed by atoms with E-state index in [0.717, 1.165) is 48.5 Å². The van der Waals surface area contributed by atoms with Crippen molar-refractivity contribution in [1.82, 2.24) is 5.32 Å². The lowest BCUT2D eigenvalue weighted by atomic mass is 9.84. The molecule has 0 aliphatic carbocycles. The van der Waals surface area contributed by atoms with Gasteiger partial charge in [-0.25, -0.2) is 0 Å². The number of ether oxygens (including phenoxy) is 2. The van der Waals surface area contributed by atoms with Crippen molar-refractivity contribution < 1.29 is 64.0 Å². The Hall–Kier alpha value is -3.20. The molecular weight excluding hydrogens is 505 g/mol. The van der Waals surface area contributed by atoms with E-state index < -0.39 is 61.0 Å². The Balaban J connectivity index is 2.57. The molecule has 0 fully saturated rings. The van der Waals surface area contributed by atoms with Crippen LogP contribution in [0.5, 0.6) is 11.5 Å². The highest BCUT2D eigenvalue weighted by atomic mass is 19.4. The number of nitrogens with one attached hydrogen (secondary N) is 1. The van der Waals surface area contributed by atoms with Gasteiger partial charge in [0.1, 0.15) is 17.5 Å². The van der Waals surface area contributed by atoms with Crippen LogP contribution in [0.15, 0.2) is 48.5 Å². The summed E-state index contributed by atoms with van der Waals surface area (Å²) in [6.45, 7) is -1.34. The van der Waals surface area contributed by atoms with Crippen molar-refractivity contribution in [3.05, 3.63) is 59.7 Å². The van der Waals surface area contributed by atoms with E-state index in [2.05, 4.69) is 9.47 Å². The van der Waals surface area contributed by atoms with Crippen molar-refractivity contribution in [2.45, 2.75) is 37.0 Å². The molecule has 2 atom stereocenters. The van der Waals surface area contributed by atoms with Crippen LogP contribution in [0.1, 0.15) is 17.0 Å². The summed E-state index contributed by atoms with van der Waals surface area (Å²) in [5.41, 5.74) is -0.533.